The van der Waals surface area contributed by atoms with Crippen LogP contribution in [0.15, 0.2) is 29.4 Å². The molecule has 1 amide bonds. The average Bonchev–Trinajstić information content (AvgIpc) is 2.27. The van der Waals surface area contributed by atoms with Crippen molar-refractivity contribution < 1.29 is 14.7 Å². The third kappa shape index (κ3) is 5.42. The van der Waals surface area contributed by atoms with Crippen LogP contribution in [-0.4, -0.2) is 23.1 Å². The van der Waals surface area contributed by atoms with Crippen molar-refractivity contribution in [2.24, 2.45) is 5.16 Å². The van der Waals surface area contributed by atoms with Crippen molar-refractivity contribution in [3.8, 4) is 0 Å². The van der Waals surface area contributed by atoms with Crippen molar-refractivity contribution in [3.05, 3.63) is 35.4 Å². The highest BCUT2D eigenvalue weighted by atomic mass is 16.6. The number of benzene rings is 1. The maximum Gasteiger partial charge on any atom is 0.408 e. The maximum absolute atomic E-state index is 11.7. The fraction of sp³-hybridized carbons (Fsp3) is 0.429. The predicted molar refractivity (Wildman–Crippen MR) is 73.6 cm³/mol. The summed E-state index contributed by atoms with van der Waals surface area (Å²) < 4.78 is 5.19. The van der Waals surface area contributed by atoms with Crippen LogP contribution in [0.2, 0.25) is 0 Å². The normalized spacial score (nSPS) is 13.3. The molecule has 1 rings (SSSR count). The molecule has 1 unspecified atom stereocenters. The Morgan fingerprint density at radius 3 is 2.74 bits per heavy atom. The summed E-state index contributed by atoms with van der Waals surface area (Å²) in [4.78, 5) is 11.7. The second kappa shape index (κ2) is 6.22. The van der Waals surface area contributed by atoms with Gasteiger partial charge in [-0.3, -0.25) is 0 Å². The summed E-state index contributed by atoms with van der Waals surface area (Å²) in [5.74, 6) is 0. The largest absolute Gasteiger partial charge is 0.444 e. The highest BCUT2D eigenvalue weighted by molar-refractivity contribution is 5.79. The minimum atomic E-state index is -0.519. The van der Waals surface area contributed by atoms with Crippen LogP contribution in [-0.2, 0) is 4.74 Å². The Bertz CT molecular complexity index is 464. The summed E-state index contributed by atoms with van der Waals surface area (Å²) in [6.07, 6.45) is 0.880. The number of nitrogens with one attached hydrogen (secondary N) is 1. The third-order valence-corrected chi connectivity index (χ3v) is 2.35. The molecule has 1 atom stereocenters. The number of rotatable bonds is 3. The molecule has 0 aliphatic rings. The zero-order chi connectivity index (χ0) is 14.5. The molecule has 0 saturated heterocycles. The van der Waals surface area contributed by atoms with Gasteiger partial charge in [-0.05, 0) is 44.9 Å². The van der Waals surface area contributed by atoms with E-state index < -0.39 is 11.7 Å². The number of carbonyl (C=O) groups excluding carboxylic acids is 1. The number of amides is 1. The van der Waals surface area contributed by atoms with Crippen molar-refractivity contribution in [2.75, 3.05) is 0 Å². The van der Waals surface area contributed by atoms with E-state index in [1.54, 1.807) is 0 Å². The highest BCUT2D eigenvalue weighted by Gasteiger charge is 2.18. The molecule has 2 N–H and O–H groups in total. The number of alkyl carbamates (subject to hydrolysis) is 1. The second-order valence-electron chi connectivity index (χ2n) is 5.28. The van der Waals surface area contributed by atoms with E-state index in [9.17, 15) is 4.79 Å². The zero-order valence-electron chi connectivity index (χ0n) is 11.7. The first-order valence-electron chi connectivity index (χ1n) is 6.09. The van der Waals surface area contributed by atoms with Gasteiger partial charge in [-0.1, -0.05) is 23.4 Å². The van der Waals surface area contributed by atoms with Crippen LogP contribution in [0.4, 0.5) is 4.79 Å². The number of oxime groups is 1. The SMILES string of the molecule is CC(NC(=O)OC(C)(C)C)c1cccc(/C=N/O)c1. The molecule has 0 radical (unpaired) electrons. The van der Waals surface area contributed by atoms with Crippen LogP contribution in [0.5, 0.6) is 0 Å². The van der Waals surface area contributed by atoms with Gasteiger partial charge in [-0.15, -0.1) is 0 Å². The molecule has 0 spiro atoms. The Morgan fingerprint density at radius 1 is 1.47 bits per heavy atom. The van der Waals surface area contributed by atoms with Gasteiger partial charge < -0.3 is 15.3 Å². The van der Waals surface area contributed by atoms with Crippen LogP contribution in [0.1, 0.15) is 44.9 Å². The van der Waals surface area contributed by atoms with E-state index in [2.05, 4.69) is 10.5 Å². The molecule has 0 aliphatic carbocycles. The summed E-state index contributed by atoms with van der Waals surface area (Å²) in [5, 5.41) is 14.2. The smallest absolute Gasteiger partial charge is 0.408 e. The molecule has 1 aromatic rings. The Hall–Kier alpha value is -2.04. The van der Waals surface area contributed by atoms with Crippen LogP contribution in [0.3, 0.4) is 0 Å². The van der Waals surface area contributed by atoms with E-state index in [0.717, 1.165) is 11.1 Å². The second-order valence-corrected chi connectivity index (χ2v) is 5.28. The van der Waals surface area contributed by atoms with Crippen molar-refractivity contribution in [1.29, 1.82) is 0 Å². The van der Waals surface area contributed by atoms with E-state index in [4.69, 9.17) is 9.94 Å². The van der Waals surface area contributed by atoms with E-state index >= 15 is 0 Å². The number of carbonyl (C=O) groups is 1. The minimum Gasteiger partial charge on any atom is -0.444 e. The Labute approximate surface area is 113 Å². The quantitative estimate of drug-likeness (QED) is 0.500. The first-order chi connectivity index (χ1) is 8.81. The fourth-order valence-corrected chi connectivity index (χ4v) is 1.54. The molecular formula is C14H20N2O3. The topological polar surface area (TPSA) is 70.9 Å². The lowest BCUT2D eigenvalue weighted by Crippen LogP contribution is -2.34. The number of nitrogens with zero attached hydrogens (tertiary/aromatic N) is 1. The summed E-state index contributed by atoms with van der Waals surface area (Å²) in [6, 6.07) is 7.17. The minimum absolute atomic E-state index is 0.193. The van der Waals surface area contributed by atoms with Crippen LogP contribution < -0.4 is 5.32 Å². The van der Waals surface area contributed by atoms with Gasteiger partial charge in [0.1, 0.15) is 5.60 Å². The standard InChI is InChI=1S/C14H20N2O3/c1-10(16-13(17)19-14(2,3)4)12-7-5-6-11(8-12)9-15-18/h5-10,18H,1-4H3,(H,16,17)/b15-9+. The maximum atomic E-state index is 11.7. The van der Waals surface area contributed by atoms with Gasteiger partial charge in [0, 0.05) is 0 Å². The molecule has 0 heterocycles. The highest BCUT2D eigenvalue weighted by Crippen LogP contribution is 2.15. The van der Waals surface area contributed by atoms with Gasteiger partial charge in [0.15, 0.2) is 0 Å². The number of ether oxygens (including phenoxy) is 1. The molecule has 1 aromatic carbocycles. The van der Waals surface area contributed by atoms with Gasteiger partial charge in [-0.2, -0.15) is 0 Å². The van der Waals surface area contributed by atoms with Crippen molar-refractivity contribution in [1.82, 2.24) is 5.32 Å². The molecule has 5 heteroatoms. The lowest BCUT2D eigenvalue weighted by Gasteiger charge is -2.22. The van der Waals surface area contributed by atoms with Gasteiger partial charge in [0.05, 0.1) is 12.3 Å². The van der Waals surface area contributed by atoms with Crippen molar-refractivity contribution in [3.63, 3.8) is 0 Å². The Balaban J connectivity index is 2.70. The molecule has 0 aliphatic heterocycles. The molecule has 0 saturated carbocycles. The molecule has 0 bridgehead atoms. The van der Waals surface area contributed by atoms with Crippen LogP contribution in [0.25, 0.3) is 0 Å². The van der Waals surface area contributed by atoms with E-state index in [1.807, 2.05) is 52.0 Å². The number of hydrogen-bond donors (Lipinski definition) is 2. The van der Waals surface area contributed by atoms with E-state index in [1.165, 1.54) is 6.21 Å². The fourth-order valence-electron chi connectivity index (χ4n) is 1.54. The lowest BCUT2D eigenvalue weighted by atomic mass is 10.1. The first kappa shape index (κ1) is 15.0. The molecule has 19 heavy (non-hydrogen) atoms. The molecule has 0 fully saturated rings. The number of hydrogen-bond acceptors (Lipinski definition) is 4. The van der Waals surface area contributed by atoms with Gasteiger partial charge in [0.25, 0.3) is 0 Å². The first-order valence-corrected chi connectivity index (χ1v) is 6.09. The predicted octanol–water partition coefficient (Wildman–Crippen LogP) is 3.08. The van der Waals surface area contributed by atoms with Gasteiger partial charge in [0.2, 0.25) is 0 Å². The molecule has 104 valence electrons. The Morgan fingerprint density at radius 2 is 2.16 bits per heavy atom. The summed E-state index contributed by atoms with van der Waals surface area (Å²) >= 11 is 0. The van der Waals surface area contributed by atoms with Gasteiger partial charge in [-0.25, -0.2) is 4.79 Å². The third-order valence-electron chi connectivity index (χ3n) is 2.35. The molecule has 5 nitrogen and oxygen atoms in total. The Kier molecular flexibility index (Phi) is 4.92. The van der Waals surface area contributed by atoms with Gasteiger partial charge >= 0.3 is 6.09 Å². The lowest BCUT2D eigenvalue weighted by molar-refractivity contribution is 0.0508. The van der Waals surface area contributed by atoms with Crippen molar-refractivity contribution in [2.45, 2.75) is 39.3 Å². The van der Waals surface area contributed by atoms with Crippen LogP contribution >= 0.6 is 0 Å². The average molecular weight is 264 g/mol. The summed E-state index contributed by atoms with van der Waals surface area (Å²) in [5.41, 5.74) is 1.15. The monoisotopic (exact) mass is 264 g/mol. The van der Waals surface area contributed by atoms with E-state index in [-0.39, 0.29) is 6.04 Å². The molecular weight excluding hydrogens is 244 g/mol. The summed E-state index contributed by atoms with van der Waals surface area (Å²) in [7, 11) is 0. The van der Waals surface area contributed by atoms with Crippen LogP contribution in [0, 0.1) is 0 Å². The van der Waals surface area contributed by atoms with Crippen molar-refractivity contribution >= 4 is 12.3 Å². The van der Waals surface area contributed by atoms with E-state index in [0.29, 0.717) is 0 Å². The molecule has 0 aromatic heterocycles. The summed E-state index contributed by atoms with van der Waals surface area (Å²) in [6.45, 7) is 7.31. The zero-order valence-corrected chi connectivity index (χ0v) is 11.7.